The fraction of sp³-hybridized carbons (Fsp3) is 0.333. The molecule has 0 atom stereocenters. The largest absolute Gasteiger partial charge is 0.319 e. The molecular formula is C9H11BFOP. The third-order valence-corrected chi connectivity index (χ3v) is 3.46. The predicted octanol–water partition coefficient (Wildman–Crippen LogP) is 1.18. The zero-order valence-corrected chi connectivity index (χ0v) is 8.86. The van der Waals surface area contributed by atoms with Crippen LogP contribution in [-0.4, -0.2) is 21.2 Å². The van der Waals surface area contributed by atoms with Crippen molar-refractivity contribution in [2.75, 3.05) is 13.3 Å². The Balaban J connectivity index is 3.47. The summed E-state index contributed by atoms with van der Waals surface area (Å²) in [6.45, 7) is 4.82. The summed E-state index contributed by atoms with van der Waals surface area (Å²) in [5.41, 5.74) is 1.03. The Hall–Kier alpha value is -0.555. The van der Waals surface area contributed by atoms with Gasteiger partial charge in [-0.1, -0.05) is 11.5 Å². The highest BCUT2D eigenvalue weighted by Crippen LogP contribution is 2.36. The normalized spacial score (nSPS) is 11.7. The molecule has 0 spiro atoms. The second-order valence-corrected chi connectivity index (χ2v) is 6.67. The van der Waals surface area contributed by atoms with E-state index in [0.717, 1.165) is 0 Å². The Morgan fingerprint density at radius 1 is 1.38 bits per heavy atom. The lowest BCUT2D eigenvalue weighted by Crippen LogP contribution is -2.18. The van der Waals surface area contributed by atoms with E-state index in [-0.39, 0.29) is 0 Å². The van der Waals surface area contributed by atoms with E-state index in [4.69, 9.17) is 7.85 Å². The fourth-order valence-electron chi connectivity index (χ4n) is 1.44. The number of aryl methyl sites for hydroxylation is 1. The van der Waals surface area contributed by atoms with E-state index in [2.05, 4.69) is 0 Å². The molecule has 1 nitrogen and oxygen atoms in total. The highest BCUT2D eigenvalue weighted by atomic mass is 31.2. The molecule has 0 aliphatic carbocycles. The van der Waals surface area contributed by atoms with Crippen molar-refractivity contribution in [3.05, 3.63) is 23.5 Å². The van der Waals surface area contributed by atoms with Gasteiger partial charge >= 0.3 is 0 Å². The van der Waals surface area contributed by atoms with Crippen LogP contribution in [0, 0.1) is 12.7 Å². The van der Waals surface area contributed by atoms with Crippen LogP contribution in [0.3, 0.4) is 0 Å². The Morgan fingerprint density at radius 3 is 2.31 bits per heavy atom. The van der Waals surface area contributed by atoms with Crippen molar-refractivity contribution in [1.82, 2.24) is 0 Å². The second kappa shape index (κ2) is 3.30. The number of halogens is 1. The van der Waals surface area contributed by atoms with E-state index in [9.17, 15) is 8.96 Å². The fourth-order valence-corrected chi connectivity index (χ4v) is 2.94. The van der Waals surface area contributed by atoms with Gasteiger partial charge in [0.15, 0.2) is 0 Å². The first-order valence-electron chi connectivity index (χ1n) is 3.93. The van der Waals surface area contributed by atoms with Crippen molar-refractivity contribution in [3.63, 3.8) is 0 Å². The van der Waals surface area contributed by atoms with Gasteiger partial charge in [-0.3, -0.25) is 0 Å². The number of hydrogen-bond donors (Lipinski definition) is 0. The first-order chi connectivity index (χ1) is 5.82. The van der Waals surface area contributed by atoms with Crippen LogP contribution < -0.4 is 10.8 Å². The first kappa shape index (κ1) is 10.5. The van der Waals surface area contributed by atoms with Crippen LogP contribution in [0.5, 0.6) is 0 Å². The molecule has 0 saturated carbocycles. The number of rotatable bonds is 1. The molecule has 13 heavy (non-hydrogen) atoms. The lowest BCUT2D eigenvalue weighted by molar-refractivity contribution is 0.584. The summed E-state index contributed by atoms with van der Waals surface area (Å²) in [7, 11) is 2.90. The van der Waals surface area contributed by atoms with Crippen molar-refractivity contribution in [2.45, 2.75) is 6.92 Å². The third kappa shape index (κ3) is 2.22. The molecule has 0 fully saturated rings. The molecule has 0 aliphatic heterocycles. The molecule has 1 aromatic rings. The Bertz CT molecular complexity index is 360. The van der Waals surface area contributed by atoms with E-state index in [1.54, 1.807) is 26.3 Å². The SMILES string of the molecule is [B]c1cc(C)c(P(C)(C)=O)c(F)c1. The summed E-state index contributed by atoms with van der Waals surface area (Å²) in [4.78, 5) is 0. The maximum Gasteiger partial charge on any atom is 0.133 e. The van der Waals surface area contributed by atoms with Crippen molar-refractivity contribution in [1.29, 1.82) is 0 Å². The van der Waals surface area contributed by atoms with Crippen LogP contribution in [0.4, 0.5) is 4.39 Å². The van der Waals surface area contributed by atoms with Crippen molar-refractivity contribution >= 4 is 25.8 Å². The first-order valence-corrected chi connectivity index (χ1v) is 6.53. The second-order valence-electron chi connectivity index (χ2n) is 3.52. The van der Waals surface area contributed by atoms with Crippen LogP contribution in [0.2, 0.25) is 0 Å². The molecule has 0 aromatic heterocycles. The van der Waals surface area contributed by atoms with E-state index >= 15 is 0 Å². The van der Waals surface area contributed by atoms with Gasteiger partial charge in [0.1, 0.15) is 20.8 Å². The summed E-state index contributed by atoms with van der Waals surface area (Å²) < 4.78 is 25.0. The minimum atomic E-state index is -2.54. The monoisotopic (exact) mass is 196 g/mol. The molecule has 0 aliphatic rings. The van der Waals surface area contributed by atoms with Crippen LogP contribution in [0.1, 0.15) is 5.56 Å². The zero-order chi connectivity index (χ0) is 10.2. The summed E-state index contributed by atoms with van der Waals surface area (Å²) in [5.74, 6) is -0.467. The summed E-state index contributed by atoms with van der Waals surface area (Å²) in [6, 6.07) is 2.85. The molecule has 0 unspecified atom stereocenters. The highest BCUT2D eigenvalue weighted by Gasteiger charge is 2.18. The van der Waals surface area contributed by atoms with E-state index in [1.165, 1.54) is 6.07 Å². The van der Waals surface area contributed by atoms with Gasteiger partial charge in [-0.05, 0) is 31.9 Å². The Morgan fingerprint density at radius 2 is 1.92 bits per heavy atom. The van der Waals surface area contributed by atoms with Crippen molar-refractivity contribution < 1.29 is 8.96 Å². The highest BCUT2D eigenvalue weighted by molar-refractivity contribution is 7.70. The van der Waals surface area contributed by atoms with Crippen LogP contribution in [0.25, 0.3) is 0 Å². The summed E-state index contributed by atoms with van der Waals surface area (Å²) in [6.07, 6.45) is 0. The molecule has 1 aromatic carbocycles. The number of hydrogen-bond acceptors (Lipinski definition) is 1. The maximum atomic E-state index is 13.4. The molecule has 0 amide bonds. The lowest BCUT2D eigenvalue weighted by Gasteiger charge is -2.12. The van der Waals surface area contributed by atoms with Crippen LogP contribution in [-0.2, 0) is 4.57 Å². The minimum Gasteiger partial charge on any atom is -0.319 e. The van der Waals surface area contributed by atoms with Gasteiger partial charge < -0.3 is 4.57 Å². The van der Waals surface area contributed by atoms with Crippen molar-refractivity contribution in [2.24, 2.45) is 0 Å². The third-order valence-electron chi connectivity index (χ3n) is 1.81. The lowest BCUT2D eigenvalue weighted by atomic mass is 9.94. The molecule has 0 N–H and O–H groups in total. The smallest absolute Gasteiger partial charge is 0.133 e. The average Bonchev–Trinajstić information content (AvgIpc) is 1.78. The average molecular weight is 196 g/mol. The molecular weight excluding hydrogens is 185 g/mol. The Kier molecular flexibility index (Phi) is 2.67. The Labute approximate surface area is 79.1 Å². The molecule has 68 valence electrons. The molecule has 1 rings (SSSR count). The summed E-state index contributed by atoms with van der Waals surface area (Å²) >= 11 is 0. The van der Waals surface area contributed by atoms with Gasteiger partial charge in [0.25, 0.3) is 0 Å². The van der Waals surface area contributed by atoms with Crippen LogP contribution in [0.15, 0.2) is 12.1 Å². The topological polar surface area (TPSA) is 17.1 Å². The standard InChI is InChI=1S/C9H11BFOP/c1-6-4-7(10)5-8(11)9(6)13(2,3)12/h4-5H,1-3H3. The quantitative estimate of drug-likeness (QED) is 0.486. The van der Waals surface area contributed by atoms with Gasteiger partial charge in [-0.15, -0.1) is 0 Å². The molecule has 0 saturated heterocycles. The maximum absolute atomic E-state index is 13.4. The van der Waals surface area contributed by atoms with Crippen LogP contribution >= 0.6 is 7.14 Å². The predicted molar refractivity (Wildman–Crippen MR) is 55.6 cm³/mol. The summed E-state index contributed by atoms with van der Waals surface area (Å²) in [5, 5.41) is 0.307. The molecule has 0 heterocycles. The van der Waals surface area contributed by atoms with E-state index in [0.29, 0.717) is 16.3 Å². The zero-order valence-electron chi connectivity index (χ0n) is 7.97. The van der Waals surface area contributed by atoms with E-state index < -0.39 is 13.0 Å². The molecule has 4 heteroatoms. The molecule has 2 radical (unpaired) electrons. The van der Waals surface area contributed by atoms with E-state index in [1.807, 2.05) is 0 Å². The van der Waals surface area contributed by atoms with Gasteiger partial charge in [0, 0.05) is 5.30 Å². The van der Waals surface area contributed by atoms with Gasteiger partial charge in [0.2, 0.25) is 0 Å². The number of benzene rings is 1. The van der Waals surface area contributed by atoms with Gasteiger partial charge in [0.05, 0.1) is 0 Å². The molecule has 0 bridgehead atoms. The van der Waals surface area contributed by atoms with Gasteiger partial charge in [-0.25, -0.2) is 4.39 Å². The van der Waals surface area contributed by atoms with Crippen molar-refractivity contribution in [3.8, 4) is 0 Å². The minimum absolute atomic E-state index is 0.307. The van der Waals surface area contributed by atoms with Gasteiger partial charge in [-0.2, -0.15) is 0 Å².